The Morgan fingerprint density at radius 2 is 1.05 bits per heavy atom. The summed E-state index contributed by atoms with van der Waals surface area (Å²) in [6, 6.07) is -0.175. The van der Waals surface area contributed by atoms with Crippen molar-refractivity contribution >= 4 is 39.1 Å². The fraction of sp³-hybridized carbons (Fsp3) is 0.852. The standard InChI is InChI=1S/C14H27BN2O5.C13H25BN2O5/c1-12(18)9-17(14(19)8-15)10-13(16-2)11-22-7-6-21-5-4-20-3;1-11(18)8-16(13(19)7-14)9-12(15-2)10-21-6-5-20-4-3-17/h13,16H,4-11H2,1-3H3;12,15,17H,3-10H2,1-2H3/t13-;12-/m11/s1. The molecule has 0 aromatic heterocycles. The van der Waals surface area contributed by atoms with Crippen LogP contribution in [-0.4, -0.2) is 180 Å². The van der Waals surface area contributed by atoms with Crippen molar-refractivity contribution in [2.45, 2.75) is 38.6 Å². The van der Waals surface area contributed by atoms with Gasteiger partial charge in [-0.2, -0.15) is 0 Å². The van der Waals surface area contributed by atoms with Crippen LogP contribution in [0, 0.1) is 0 Å². The van der Waals surface area contributed by atoms with Gasteiger partial charge in [0.15, 0.2) is 0 Å². The Kier molecular flexibility index (Phi) is 30.3. The summed E-state index contributed by atoms with van der Waals surface area (Å²) in [6.07, 6.45) is -0.239. The van der Waals surface area contributed by atoms with E-state index in [9.17, 15) is 19.2 Å². The molecule has 0 heterocycles. The zero-order valence-electron chi connectivity index (χ0n) is 26.6. The Morgan fingerprint density at radius 1 is 0.674 bits per heavy atom. The van der Waals surface area contributed by atoms with E-state index in [1.165, 1.54) is 23.6 Å². The highest BCUT2D eigenvalue weighted by Crippen LogP contribution is 2.00. The first-order valence-electron chi connectivity index (χ1n) is 14.3. The molecule has 0 aliphatic carbocycles. The molecule has 16 heteroatoms. The van der Waals surface area contributed by atoms with E-state index in [1.807, 2.05) is 0 Å². The zero-order chi connectivity index (χ0) is 32.9. The Morgan fingerprint density at radius 3 is 1.37 bits per heavy atom. The summed E-state index contributed by atoms with van der Waals surface area (Å²) in [4.78, 5) is 48.7. The molecule has 3 N–H and O–H groups in total. The smallest absolute Gasteiger partial charge is 0.214 e. The lowest BCUT2D eigenvalue weighted by Gasteiger charge is -2.26. The number of Topliss-reactive ketones (excluding diaryl/α,β-unsaturated/α-hetero) is 2. The Bertz CT molecular complexity index is 740. The van der Waals surface area contributed by atoms with Crippen LogP contribution >= 0.6 is 0 Å². The van der Waals surface area contributed by atoms with Gasteiger partial charge in [-0.1, -0.05) is 0 Å². The number of ketones is 2. The number of amides is 2. The van der Waals surface area contributed by atoms with E-state index in [-0.39, 0.29) is 74.4 Å². The summed E-state index contributed by atoms with van der Waals surface area (Å²) in [5.74, 6) is -0.691. The molecule has 0 aliphatic rings. The molecule has 2 amide bonds. The van der Waals surface area contributed by atoms with Gasteiger partial charge in [0.1, 0.15) is 11.6 Å². The van der Waals surface area contributed by atoms with Gasteiger partial charge in [-0.05, 0) is 40.6 Å². The lowest BCUT2D eigenvalue weighted by Crippen LogP contribution is -2.46. The van der Waals surface area contributed by atoms with Gasteiger partial charge in [0.25, 0.3) is 0 Å². The van der Waals surface area contributed by atoms with Gasteiger partial charge in [0, 0.05) is 32.3 Å². The highest BCUT2D eigenvalue weighted by molar-refractivity contribution is 6.20. The van der Waals surface area contributed by atoms with Crippen molar-refractivity contribution in [2.24, 2.45) is 0 Å². The maximum atomic E-state index is 11.7. The van der Waals surface area contributed by atoms with E-state index in [1.54, 1.807) is 21.2 Å². The van der Waals surface area contributed by atoms with Gasteiger partial charge in [0.2, 0.25) is 11.8 Å². The zero-order valence-corrected chi connectivity index (χ0v) is 26.6. The molecule has 43 heavy (non-hydrogen) atoms. The van der Waals surface area contributed by atoms with Crippen LogP contribution in [0.1, 0.15) is 13.8 Å². The molecule has 4 radical (unpaired) electrons. The van der Waals surface area contributed by atoms with Gasteiger partial charge < -0.3 is 49.2 Å². The predicted molar refractivity (Wildman–Crippen MR) is 164 cm³/mol. The topological polar surface area (TPSA) is 165 Å². The maximum Gasteiger partial charge on any atom is 0.214 e. The van der Waals surface area contributed by atoms with Crippen molar-refractivity contribution in [3.63, 3.8) is 0 Å². The van der Waals surface area contributed by atoms with E-state index in [0.29, 0.717) is 65.9 Å². The highest BCUT2D eigenvalue weighted by Gasteiger charge is 2.19. The van der Waals surface area contributed by atoms with Crippen LogP contribution in [0.3, 0.4) is 0 Å². The molecule has 0 unspecified atom stereocenters. The van der Waals surface area contributed by atoms with Crippen molar-refractivity contribution in [2.75, 3.05) is 113 Å². The number of methoxy groups -OCH3 is 1. The molecule has 246 valence electrons. The number of ether oxygens (including phenoxy) is 5. The normalized spacial score (nSPS) is 12.1. The molecule has 14 nitrogen and oxygen atoms in total. The first-order valence-corrected chi connectivity index (χ1v) is 14.3. The summed E-state index contributed by atoms with van der Waals surface area (Å²) in [5, 5.41) is 14.6. The molecular weight excluding hydrogens is 562 g/mol. The Labute approximate surface area is 259 Å². The van der Waals surface area contributed by atoms with Crippen molar-refractivity contribution in [1.29, 1.82) is 0 Å². The van der Waals surface area contributed by atoms with Crippen LogP contribution in [0.4, 0.5) is 0 Å². The molecule has 0 fully saturated rings. The van der Waals surface area contributed by atoms with Crippen molar-refractivity contribution in [3.05, 3.63) is 0 Å². The van der Waals surface area contributed by atoms with Crippen molar-refractivity contribution in [3.8, 4) is 0 Å². The molecule has 0 aliphatic heterocycles. The van der Waals surface area contributed by atoms with Gasteiger partial charge in [0.05, 0.1) is 94.9 Å². The molecule has 2 atom stereocenters. The van der Waals surface area contributed by atoms with Crippen LogP contribution in [0.25, 0.3) is 0 Å². The third-order valence-corrected chi connectivity index (χ3v) is 5.63. The third kappa shape index (κ3) is 26.2. The van der Waals surface area contributed by atoms with Gasteiger partial charge in [-0.25, -0.2) is 0 Å². The molecule has 0 bridgehead atoms. The summed E-state index contributed by atoms with van der Waals surface area (Å²) >= 11 is 0. The number of nitrogens with zero attached hydrogens (tertiary/aromatic N) is 2. The molecule has 0 spiro atoms. The number of nitrogens with one attached hydrogen (secondary N) is 2. The van der Waals surface area contributed by atoms with Crippen LogP contribution in [0.2, 0.25) is 12.6 Å². The summed E-state index contributed by atoms with van der Waals surface area (Å²) in [7, 11) is 15.9. The fourth-order valence-electron chi connectivity index (χ4n) is 3.39. The second kappa shape index (κ2) is 30.1. The minimum Gasteiger partial charge on any atom is -0.394 e. The number of hydrogen-bond donors (Lipinski definition) is 3. The SMILES string of the molecule is [B]CC(=O)N(CC(C)=O)C[C@H](COCCOCCO)NC.[B]CC(=O)N(CC(C)=O)C[C@H](COCCOCCOC)NC. The lowest BCUT2D eigenvalue weighted by molar-refractivity contribution is -0.133. The van der Waals surface area contributed by atoms with Gasteiger partial charge in [-0.15, -0.1) is 0 Å². The van der Waals surface area contributed by atoms with E-state index in [0.717, 1.165) is 0 Å². The van der Waals surface area contributed by atoms with Gasteiger partial charge in [-0.3, -0.25) is 19.2 Å². The van der Waals surface area contributed by atoms with E-state index < -0.39 is 0 Å². The predicted octanol–water partition coefficient (Wildman–Crippen LogP) is -2.14. The second-order valence-electron chi connectivity index (χ2n) is 9.42. The van der Waals surface area contributed by atoms with E-state index in [4.69, 9.17) is 44.5 Å². The third-order valence-electron chi connectivity index (χ3n) is 5.63. The summed E-state index contributed by atoms with van der Waals surface area (Å²) < 4.78 is 26.1. The van der Waals surface area contributed by atoms with E-state index in [2.05, 4.69) is 10.6 Å². The molecule has 0 saturated carbocycles. The van der Waals surface area contributed by atoms with Crippen LogP contribution < -0.4 is 10.6 Å². The summed E-state index contributed by atoms with van der Waals surface area (Å²) in [5.41, 5.74) is 0. The summed E-state index contributed by atoms with van der Waals surface area (Å²) in [6.45, 7) is 7.61. The molecule has 0 aromatic carbocycles. The lowest BCUT2D eigenvalue weighted by atomic mass is 10.0. The van der Waals surface area contributed by atoms with Crippen LogP contribution in [-0.2, 0) is 42.9 Å². The van der Waals surface area contributed by atoms with Crippen molar-refractivity contribution < 1.29 is 48.0 Å². The average molecular weight is 614 g/mol. The Balaban J connectivity index is 0. The van der Waals surface area contributed by atoms with Crippen LogP contribution in [0.15, 0.2) is 0 Å². The Hall–Kier alpha value is -1.91. The fourth-order valence-corrected chi connectivity index (χ4v) is 3.39. The average Bonchev–Trinajstić information content (AvgIpc) is 2.99. The highest BCUT2D eigenvalue weighted by atomic mass is 16.5. The number of aliphatic hydroxyl groups is 1. The minimum atomic E-state index is -0.267. The maximum absolute atomic E-state index is 11.7. The quantitative estimate of drug-likeness (QED) is 0.0681. The first-order chi connectivity index (χ1) is 20.6. The molecule has 0 rings (SSSR count). The number of aliphatic hydroxyl groups excluding tert-OH is 1. The van der Waals surface area contributed by atoms with Crippen molar-refractivity contribution in [1.82, 2.24) is 20.4 Å². The monoisotopic (exact) mass is 614 g/mol. The second-order valence-corrected chi connectivity index (χ2v) is 9.42. The number of carbonyl (C=O) groups is 4. The minimum absolute atomic E-state index is 0.0135. The first kappa shape index (κ1) is 43.2. The number of likely N-dealkylation sites (N-methyl/N-ethyl adjacent to an activating group) is 2. The number of rotatable bonds is 27. The number of hydrogen-bond acceptors (Lipinski definition) is 12. The molecule has 0 saturated heterocycles. The number of carbonyl (C=O) groups excluding carboxylic acids is 4. The molecular formula is C27H52B2N4O10. The largest absolute Gasteiger partial charge is 0.394 e. The molecule has 0 aromatic rings. The van der Waals surface area contributed by atoms with E-state index >= 15 is 0 Å². The van der Waals surface area contributed by atoms with Gasteiger partial charge >= 0.3 is 0 Å². The van der Waals surface area contributed by atoms with Crippen LogP contribution in [0.5, 0.6) is 0 Å².